The minimum Gasteiger partial charge on any atom is -0.466 e. The predicted molar refractivity (Wildman–Crippen MR) is 101 cm³/mol. The summed E-state index contributed by atoms with van der Waals surface area (Å²) >= 11 is 6.09. The number of halogens is 1. The van der Waals surface area contributed by atoms with Gasteiger partial charge < -0.3 is 4.74 Å². The number of carbonyl (C=O) groups excluding carboxylic acids is 1. The SMILES string of the molecule is COc1nc(-c2cccc(Cl)c2)n(C(=O)c2cccc3ccccc23)n1. The van der Waals surface area contributed by atoms with Gasteiger partial charge in [0, 0.05) is 16.1 Å². The Balaban J connectivity index is 1.90. The van der Waals surface area contributed by atoms with Gasteiger partial charge >= 0.3 is 6.01 Å². The van der Waals surface area contributed by atoms with Crippen molar-refractivity contribution in [1.29, 1.82) is 0 Å². The van der Waals surface area contributed by atoms with Crippen LogP contribution in [0.3, 0.4) is 0 Å². The lowest BCUT2D eigenvalue weighted by atomic mass is 10.0. The van der Waals surface area contributed by atoms with Gasteiger partial charge in [-0.25, -0.2) is 0 Å². The van der Waals surface area contributed by atoms with Crippen molar-refractivity contribution in [2.45, 2.75) is 0 Å². The van der Waals surface area contributed by atoms with E-state index >= 15 is 0 Å². The van der Waals surface area contributed by atoms with E-state index in [0.717, 1.165) is 10.8 Å². The fraction of sp³-hybridized carbons (Fsp3) is 0.0500. The van der Waals surface area contributed by atoms with E-state index in [1.165, 1.54) is 11.8 Å². The lowest BCUT2D eigenvalue weighted by molar-refractivity contribution is 0.0947. The van der Waals surface area contributed by atoms with Gasteiger partial charge in [0.15, 0.2) is 5.82 Å². The highest BCUT2D eigenvalue weighted by molar-refractivity contribution is 6.30. The summed E-state index contributed by atoms with van der Waals surface area (Å²) in [5.41, 5.74) is 1.22. The van der Waals surface area contributed by atoms with Gasteiger partial charge in [0.1, 0.15) is 0 Å². The average molecular weight is 364 g/mol. The number of methoxy groups -OCH3 is 1. The van der Waals surface area contributed by atoms with Crippen LogP contribution in [0.2, 0.25) is 5.02 Å². The minimum absolute atomic E-state index is 0.119. The molecule has 26 heavy (non-hydrogen) atoms. The molecule has 0 fully saturated rings. The molecule has 0 saturated heterocycles. The van der Waals surface area contributed by atoms with Crippen molar-refractivity contribution in [1.82, 2.24) is 14.8 Å². The highest BCUT2D eigenvalue weighted by Gasteiger charge is 2.21. The molecule has 4 aromatic rings. The molecule has 0 radical (unpaired) electrons. The Morgan fingerprint density at radius 2 is 1.81 bits per heavy atom. The van der Waals surface area contributed by atoms with E-state index in [1.54, 1.807) is 24.3 Å². The zero-order chi connectivity index (χ0) is 18.1. The third kappa shape index (κ3) is 2.82. The van der Waals surface area contributed by atoms with E-state index in [-0.39, 0.29) is 11.9 Å². The van der Waals surface area contributed by atoms with Gasteiger partial charge in [-0.2, -0.15) is 9.67 Å². The fourth-order valence-electron chi connectivity index (χ4n) is 2.86. The number of nitrogens with zero attached hydrogens (tertiary/aromatic N) is 3. The van der Waals surface area contributed by atoms with Gasteiger partial charge in [-0.1, -0.05) is 60.1 Å². The number of aromatic nitrogens is 3. The first kappa shape index (κ1) is 16.3. The number of rotatable bonds is 3. The van der Waals surface area contributed by atoms with Gasteiger partial charge in [-0.05, 0) is 29.0 Å². The first-order valence-corrected chi connectivity index (χ1v) is 8.34. The van der Waals surface area contributed by atoms with Crippen LogP contribution in [0.25, 0.3) is 22.2 Å². The Kier molecular flexibility index (Phi) is 4.14. The van der Waals surface area contributed by atoms with E-state index in [4.69, 9.17) is 16.3 Å². The average Bonchev–Trinajstić information content (AvgIpc) is 3.11. The van der Waals surface area contributed by atoms with Crippen LogP contribution in [0.15, 0.2) is 66.7 Å². The van der Waals surface area contributed by atoms with E-state index in [2.05, 4.69) is 10.1 Å². The summed E-state index contributed by atoms with van der Waals surface area (Å²) in [6.45, 7) is 0. The molecule has 0 atom stereocenters. The molecule has 128 valence electrons. The van der Waals surface area contributed by atoms with E-state index in [1.807, 2.05) is 42.5 Å². The molecule has 0 saturated carbocycles. The zero-order valence-corrected chi connectivity index (χ0v) is 14.6. The molecule has 1 heterocycles. The fourth-order valence-corrected chi connectivity index (χ4v) is 3.05. The topological polar surface area (TPSA) is 57.0 Å². The molecule has 5 nitrogen and oxygen atoms in total. The number of hydrogen-bond acceptors (Lipinski definition) is 4. The van der Waals surface area contributed by atoms with Crippen molar-refractivity contribution in [2.75, 3.05) is 7.11 Å². The number of benzene rings is 3. The summed E-state index contributed by atoms with van der Waals surface area (Å²) in [6.07, 6.45) is 0. The van der Waals surface area contributed by atoms with E-state index in [0.29, 0.717) is 22.0 Å². The summed E-state index contributed by atoms with van der Waals surface area (Å²) < 4.78 is 6.39. The minimum atomic E-state index is -0.285. The van der Waals surface area contributed by atoms with Gasteiger partial charge in [0.05, 0.1) is 7.11 Å². The number of ether oxygens (including phenoxy) is 1. The Labute approximate surface area is 154 Å². The second kappa shape index (κ2) is 6.61. The second-order valence-electron chi connectivity index (χ2n) is 5.68. The van der Waals surface area contributed by atoms with Gasteiger partial charge in [-0.15, -0.1) is 5.10 Å². The third-order valence-corrected chi connectivity index (χ3v) is 4.30. The standard InChI is InChI=1S/C20H14ClN3O2/c1-26-20-22-18(14-8-4-9-15(21)12-14)24(23-20)19(25)17-11-5-7-13-6-2-3-10-16(13)17/h2-12H,1H3. The maximum Gasteiger partial charge on any atom is 0.336 e. The molecule has 0 spiro atoms. The van der Waals surface area contributed by atoms with Crippen molar-refractivity contribution >= 4 is 28.3 Å². The van der Waals surface area contributed by atoms with Crippen LogP contribution in [0.5, 0.6) is 6.01 Å². The molecule has 0 N–H and O–H groups in total. The zero-order valence-electron chi connectivity index (χ0n) is 13.9. The summed E-state index contributed by atoms with van der Waals surface area (Å²) in [5.74, 6) is 0.0925. The molecular formula is C20H14ClN3O2. The molecule has 0 aliphatic heterocycles. The maximum atomic E-state index is 13.2. The lowest BCUT2D eigenvalue weighted by Gasteiger charge is -2.08. The Hall–Kier alpha value is -3.18. The van der Waals surface area contributed by atoms with Crippen LogP contribution in [0.1, 0.15) is 10.4 Å². The van der Waals surface area contributed by atoms with Crippen molar-refractivity contribution in [2.24, 2.45) is 0 Å². The van der Waals surface area contributed by atoms with Gasteiger partial charge in [0.2, 0.25) is 0 Å². The van der Waals surface area contributed by atoms with E-state index in [9.17, 15) is 4.79 Å². The highest BCUT2D eigenvalue weighted by atomic mass is 35.5. The molecule has 6 heteroatoms. The van der Waals surface area contributed by atoms with Crippen LogP contribution >= 0.6 is 11.6 Å². The van der Waals surface area contributed by atoms with Crippen molar-refractivity contribution in [3.05, 3.63) is 77.3 Å². The smallest absolute Gasteiger partial charge is 0.336 e. The highest BCUT2D eigenvalue weighted by Crippen LogP contribution is 2.25. The third-order valence-electron chi connectivity index (χ3n) is 4.07. The van der Waals surface area contributed by atoms with Crippen LogP contribution in [-0.2, 0) is 0 Å². The van der Waals surface area contributed by atoms with Crippen molar-refractivity contribution in [3.63, 3.8) is 0 Å². The summed E-state index contributed by atoms with van der Waals surface area (Å²) in [4.78, 5) is 17.6. The van der Waals surface area contributed by atoms with Crippen molar-refractivity contribution < 1.29 is 9.53 Å². The molecule has 0 amide bonds. The largest absolute Gasteiger partial charge is 0.466 e. The normalized spacial score (nSPS) is 10.8. The number of carbonyl (C=O) groups is 1. The predicted octanol–water partition coefficient (Wildman–Crippen LogP) is 4.45. The first-order valence-electron chi connectivity index (χ1n) is 7.97. The summed E-state index contributed by atoms with van der Waals surface area (Å²) in [5, 5.41) is 6.59. The molecule has 0 aliphatic rings. The molecule has 1 aromatic heterocycles. The molecule has 0 aliphatic carbocycles. The quantitative estimate of drug-likeness (QED) is 0.539. The molecule has 4 rings (SSSR count). The van der Waals surface area contributed by atoms with Crippen LogP contribution in [0.4, 0.5) is 0 Å². The molecule has 0 bridgehead atoms. The summed E-state index contributed by atoms with van der Waals surface area (Å²) in [6, 6.07) is 20.5. The monoisotopic (exact) mass is 363 g/mol. The van der Waals surface area contributed by atoms with Crippen LogP contribution < -0.4 is 4.74 Å². The molecule has 0 unspecified atom stereocenters. The lowest BCUT2D eigenvalue weighted by Crippen LogP contribution is -2.15. The Bertz CT molecular complexity index is 1120. The molecule has 3 aromatic carbocycles. The van der Waals surface area contributed by atoms with Crippen LogP contribution in [0, 0.1) is 0 Å². The Morgan fingerprint density at radius 3 is 2.62 bits per heavy atom. The second-order valence-corrected chi connectivity index (χ2v) is 6.11. The van der Waals surface area contributed by atoms with Crippen molar-refractivity contribution in [3.8, 4) is 17.4 Å². The first-order chi connectivity index (χ1) is 12.7. The summed E-state index contributed by atoms with van der Waals surface area (Å²) in [7, 11) is 1.46. The van der Waals surface area contributed by atoms with Gasteiger partial charge in [-0.3, -0.25) is 4.79 Å². The number of fused-ring (bicyclic) bond motifs is 1. The van der Waals surface area contributed by atoms with E-state index < -0.39 is 0 Å². The maximum absolute atomic E-state index is 13.2. The Morgan fingerprint density at radius 1 is 1.04 bits per heavy atom. The van der Waals surface area contributed by atoms with Gasteiger partial charge in [0.25, 0.3) is 5.91 Å². The number of hydrogen-bond donors (Lipinski definition) is 0. The van der Waals surface area contributed by atoms with Crippen LogP contribution in [-0.4, -0.2) is 27.8 Å². The molecular weight excluding hydrogens is 350 g/mol.